The molecule has 0 aliphatic rings. The monoisotopic (exact) mass is 265 g/mol. The smallest absolute Gasteiger partial charge is 0.226 e. The van der Waals surface area contributed by atoms with Crippen molar-refractivity contribution < 1.29 is 4.79 Å². The number of anilines is 2. The molecule has 1 heterocycles. The molecule has 0 aromatic carbocycles. The first-order valence-electron chi connectivity index (χ1n) is 6.33. The van der Waals surface area contributed by atoms with E-state index in [9.17, 15) is 4.79 Å². The molecule has 1 amide bonds. The highest BCUT2D eigenvalue weighted by molar-refractivity contribution is 5.77. The average Bonchev–Trinajstić information content (AvgIpc) is 2.27. The molecule has 0 aliphatic carbocycles. The van der Waals surface area contributed by atoms with Gasteiger partial charge in [0.1, 0.15) is 5.82 Å². The topological polar surface area (TPSA) is 70.2 Å². The van der Waals surface area contributed by atoms with Gasteiger partial charge in [0.15, 0.2) is 0 Å². The number of carbonyl (C=O) groups is 1. The average molecular weight is 265 g/mol. The predicted octanol–water partition coefficient (Wildman–Crippen LogP) is 1.26. The molecule has 0 radical (unpaired) electrons. The number of hydrogen-bond acceptors (Lipinski definition) is 5. The van der Waals surface area contributed by atoms with E-state index in [1.54, 1.807) is 12.3 Å². The normalized spacial score (nSPS) is 11.0. The van der Waals surface area contributed by atoms with Crippen LogP contribution in [0.2, 0.25) is 0 Å². The van der Waals surface area contributed by atoms with Crippen LogP contribution in [0, 0.1) is 0 Å². The molecule has 2 N–H and O–H groups in total. The minimum atomic E-state index is -0.190. The van der Waals surface area contributed by atoms with Gasteiger partial charge in [-0.3, -0.25) is 4.79 Å². The van der Waals surface area contributed by atoms with E-state index in [4.69, 9.17) is 0 Å². The second-order valence-electron chi connectivity index (χ2n) is 5.61. The summed E-state index contributed by atoms with van der Waals surface area (Å²) >= 11 is 0. The lowest BCUT2D eigenvalue weighted by Gasteiger charge is -2.20. The first-order valence-corrected chi connectivity index (χ1v) is 6.33. The molecule has 0 saturated heterocycles. The molecule has 1 aromatic rings. The number of hydrogen-bond donors (Lipinski definition) is 2. The first kappa shape index (κ1) is 15.2. The van der Waals surface area contributed by atoms with Crippen LogP contribution in [-0.4, -0.2) is 42.1 Å². The third kappa shape index (κ3) is 6.03. The van der Waals surface area contributed by atoms with Gasteiger partial charge in [0.05, 0.1) is 0 Å². The van der Waals surface area contributed by atoms with Gasteiger partial charge in [0.2, 0.25) is 11.9 Å². The third-order valence-corrected chi connectivity index (χ3v) is 2.22. The maximum absolute atomic E-state index is 11.6. The molecule has 6 heteroatoms. The molecule has 0 atom stereocenters. The molecule has 0 fully saturated rings. The Bertz CT molecular complexity index is 425. The van der Waals surface area contributed by atoms with E-state index < -0.39 is 0 Å². The molecule has 1 aromatic heterocycles. The molecule has 0 aliphatic heterocycles. The molecular weight excluding hydrogens is 242 g/mol. The van der Waals surface area contributed by atoms with Gasteiger partial charge in [-0.2, -0.15) is 4.98 Å². The van der Waals surface area contributed by atoms with Crippen LogP contribution in [0.4, 0.5) is 11.8 Å². The van der Waals surface area contributed by atoms with Crippen molar-refractivity contribution >= 4 is 17.7 Å². The Hall–Kier alpha value is -1.85. The van der Waals surface area contributed by atoms with Crippen molar-refractivity contribution in [2.75, 3.05) is 30.9 Å². The Morgan fingerprint density at radius 1 is 1.37 bits per heavy atom. The van der Waals surface area contributed by atoms with Crippen molar-refractivity contribution in [1.82, 2.24) is 15.3 Å². The van der Waals surface area contributed by atoms with Gasteiger partial charge in [-0.1, -0.05) is 0 Å². The summed E-state index contributed by atoms with van der Waals surface area (Å²) in [7, 11) is 3.77. The fourth-order valence-corrected chi connectivity index (χ4v) is 1.45. The highest BCUT2D eigenvalue weighted by atomic mass is 16.1. The Balaban J connectivity index is 2.41. The van der Waals surface area contributed by atoms with E-state index in [0.29, 0.717) is 18.9 Å². The third-order valence-electron chi connectivity index (χ3n) is 2.22. The van der Waals surface area contributed by atoms with Crippen molar-refractivity contribution in [3.63, 3.8) is 0 Å². The molecule has 19 heavy (non-hydrogen) atoms. The maximum Gasteiger partial charge on any atom is 0.226 e. The maximum atomic E-state index is 11.6. The molecule has 0 spiro atoms. The molecule has 0 saturated carbocycles. The standard InChI is InChI=1S/C13H23N5O/c1-13(2,3)17-11(19)7-9-14-10-6-8-15-12(16-10)18(4)5/h6,8H,7,9H2,1-5H3,(H,17,19)(H,14,15,16). The summed E-state index contributed by atoms with van der Waals surface area (Å²) in [6.07, 6.45) is 2.11. The highest BCUT2D eigenvalue weighted by Crippen LogP contribution is 2.07. The van der Waals surface area contributed by atoms with Crippen LogP contribution in [0.1, 0.15) is 27.2 Å². The van der Waals surface area contributed by atoms with E-state index in [1.165, 1.54) is 0 Å². The van der Waals surface area contributed by atoms with Crippen LogP contribution in [0.25, 0.3) is 0 Å². The van der Waals surface area contributed by atoms with Crippen molar-refractivity contribution in [1.29, 1.82) is 0 Å². The lowest BCUT2D eigenvalue weighted by Crippen LogP contribution is -2.41. The summed E-state index contributed by atoms with van der Waals surface area (Å²) in [6, 6.07) is 1.79. The SMILES string of the molecule is CN(C)c1nccc(NCCC(=O)NC(C)(C)C)n1. The highest BCUT2D eigenvalue weighted by Gasteiger charge is 2.13. The van der Waals surface area contributed by atoms with Crippen LogP contribution in [0.15, 0.2) is 12.3 Å². The zero-order chi connectivity index (χ0) is 14.5. The fourth-order valence-electron chi connectivity index (χ4n) is 1.45. The van der Waals surface area contributed by atoms with Crippen molar-refractivity contribution in [3.05, 3.63) is 12.3 Å². The second kappa shape index (κ2) is 6.36. The van der Waals surface area contributed by atoms with Crippen LogP contribution >= 0.6 is 0 Å². The zero-order valence-corrected chi connectivity index (χ0v) is 12.3. The molecule has 6 nitrogen and oxygen atoms in total. The predicted molar refractivity (Wildman–Crippen MR) is 77.4 cm³/mol. The molecule has 0 bridgehead atoms. The quantitative estimate of drug-likeness (QED) is 0.838. The van der Waals surface area contributed by atoms with Crippen LogP contribution in [0.5, 0.6) is 0 Å². The Morgan fingerprint density at radius 3 is 2.63 bits per heavy atom. The van der Waals surface area contributed by atoms with E-state index >= 15 is 0 Å². The van der Waals surface area contributed by atoms with Gasteiger partial charge in [-0.05, 0) is 26.8 Å². The number of rotatable bonds is 5. The first-order chi connectivity index (χ1) is 8.78. The molecule has 1 rings (SSSR count). The minimum Gasteiger partial charge on any atom is -0.369 e. The van der Waals surface area contributed by atoms with Gasteiger partial charge < -0.3 is 15.5 Å². The summed E-state index contributed by atoms with van der Waals surface area (Å²) in [5.74, 6) is 1.40. The second-order valence-corrected chi connectivity index (χ2v) is 5.61. The number of amides is 1. The van der Waals surface area contributed by atoms with Crippen molar-refractivity contribution in [2.24, 2.45) is 0 Å². The largest absolute Gasteiger partial charge is 0.369 e. The van der Waals surface area contributed by atoms with Gasteiger partial charge in [-0.25, -0.2) is 4.98 Å². The molecular formula is C13H23N5O. The summed E-state index contributed by atoms with van der Waals surface area (Å²) in [5.41, 5.74) is -0.190. The summed E-state index contributed by atoms with van der Waals surface area (Å²) in [5, 5.41) is 6.03. The number of aromatic nitrogens is 2. The van der Waals surface area contributed by atoms with E-state index in [2.05, 4.69) is 20.6 Å². The summed E-state index contributed by atoms with van der Waals surface area (Å²) in [4.78, 5) is 21.9. The lowest BCUT2D eigenvalue weighted by molar-refractivity contribution is -0.122. The zero-order valence-electron chi connectivity index (χ0n) is 12.3. The van der Waals surface area contributed by atoms with Gasteiger partial charge in [-0.15, -0.1) is 0 Å². The van der Waals surface area contributed by atoms with Crippen LogP contribution in [-0.2, 0) is 4.79 Å². The van der Waals surface area contributed by atoms with Crippen molar-refractivity contribution in [3.8, 4) is 0 Å². The van der Waals surface area contributed by atoms with Crippen LogP contribution in [0.3, 0.4) is 0 Å². The van der Waals surface area contributed by atoms with Crippen LogP contribution < -0.4 is 15.5 Å². The summed E-state index contributed by atoms with van der Waals surface area (Å²) < 4.78 is 0. The van der Waals surface area contributed by atoms with E-state index in [1.807, 2.05) is 39.8 Å². The lowest BCUT2D eigenvalue weighted by atomic mass is 10.1. The van der Waals surface area contributed by atoms with E-state index in [-0.39, 0.29) is 11.4 Å². The molecule has 106 valence electrons. The Labute approximate surface area is 114 Å². The van der Waals surface area contributed by atoms with Gasteiger partial charge >= 0.3 is 0 Å². The van der Waals surface area contributed by atoms with E-state index in [0.717, 1.165) is 5.82 Å². The number of nitrogens with one attached hydrogen (secondary N) is 2. The Kier molecular flexibility index (Phi) is 5.09. The summed E-state index contributed by atoms with van der Waals surface area (Å²) in [6.45, 7) is 6.44. The number of carbonyl (C=O) groups excluding carboxylic acids is 1. The van der Waals surface area contributed by atoms with Gasteiger partial charge in [0, 0.05) is 38.8 Å². The molecule has 0 unspecified atom stereocenters. The number of nitrogens with zero attached hydrogens (tertiary/aromatic N) is 3. The minimum absolute atomic E-state index is 0.0295. The van der Waals surface area contributed by atoms with Crippen molar-refractivity contribution in [2.45, 2.75) is 32.7 Å². The fraction of sp³-hybridized carbons (Fsp3) is 0.615. The Morgan fingerprint density at radius 2 is 2.05 bits per heavy atom. The van der Waals surface area contributed by atoms with Gasteiger partial charge in [0.25, 0.3) is 0 Å².